The first-order chi connectivity index (χ1) is 7.79. The molecule has 0 amide bonds. The van der Waals surface area contributed by atoms with E-state index in [4.69, 9.17) is 5.73 Å². The summed E-state index contributed by atoms with van der Waals surface area (Å²) in [5.41, 5.74) is 8.70. The Morgan fingerprint density at radius 1 is 1.06 bits per heavy atom. The van der Waals surface area contributed by atoms with Crippen molar-refractivity contribution in [1.82, 2.24) is 4.98 Å². The molecule has 0 saturated carbocycles. The Kier molecular flexibility index (Phi) is 3.17. The fraction of sp³-hybridized carbons (Fsp3) is 0.154. The lowest BCUT2D eigenvalue weighted by Gasteiger charge is -2.06. The van der Waals surface area contributed by atoms with E-state index in [2.05, 4.69) is 4.98 Å². The van der Waals surface area contributed by atoms with Gasteiger partial charge in [-0.15, -0.1) is 0 Å². The maximum Gasteiger partial charge on any atom is 0.123 e. The Bertz CT molecular complexity index is 466. The van der Waals surface area contributed by atoms with Crippen LogP contribution in [-0.2, 0) is 13.0 Å². The molecule has 16 heavy (non-hydrogen) atoms. The quantitative estimate of drug-likeness (QED) is 0.818. The minimum absolute atomic E-state index is 0.0680. The number of rotatable bonds is 3. The molecular formula is C13H14N2O. The summed E-state index contributed by atoms with van der Waals surface area (Å²) in [7, 11) is 0. The summed E-state index contributed by atoms with van der Waals surface area (Å²) in [6.07, 6.45) is 2.54. The Labute approximate surface area is 94.6 Å². The molecule has 0 saturated heterocycles. The van der Waals surface area contributed by atoms with Gasteiger partial charge in [0.15, 0.2) is 0 Å². The van der Waals surface area contributed by atoms with Gasteiger partial charge in [0.2, 0.25) is 0 Å². The third-order valence-corrected chi connectivity index (χ3v) is 2.53. The van der Waals surface area contributed by atoms with Gasteiger partial charge in [-0.3, -0.25) is 0 Å². The smallest absolute Gasteiger partial charge is 0.123 e. The van der Waals surface area contributed by atoms with Crippen molar-refractivity contribution in [2.75, 3.05) is 5.73 Å². The molecule has 2 aromatic rings. The second kappa shape index (κ2) is 4.77. The molecule has 0 aliphatic carbocycles. The number of nitrogens with two attached hydrogens (primary N) is 1. The first-order valence-corrected chi connectivity index (χ1v) is 5.17. The minimum atomic E-state index is 0.0680. The highest BCUT2D eigenvalue weighted by Crippen LogP contribution is 2.14. The molecule has 82 valence electrons. The number of hydrogen-bond donors (Lipinski definition) is 2. The van der Waals surface area contributed by atoms with Gasteiger partial charge < -0.3 is 10.8 Å². The summed E-state index contributed by atoms with van der Waals surface area (Å²) in [6.45, 7) is 0.0680. The predicted octanol–water partition coefficient (Wildman–Crippen LogP) is 1.75. The van der Waals surface area contributed by atoms with Gasteiger partial charge in [-0.1, -0.05) is 30.3 Å². The Morgan fingerprint density at radius 2 is 1.81 bits per heavy atom. The second-order valence-electron chi connectivity index (χ2n) is 3.69. The fourth-order valence-electron chi connectivity index (χ4n) is 1.64. The molecule has 1 aromatic carbocycles. The number of nitrogens with zero attached hydrogens (tertiary/aromatic N) is 1. The number of pyridine rings is 1. The predicted molar refractivity (Wildman–Crippen MR) is 63.8 cm³/mol. The standard InChI is InChI=1S/C13H14N2O/c14-13-6-5-10(8-15-13)7-11-3-1-2-4-12(11)9-16/h1-6,8,16H,7,9H2,(H2,14,15). The van der Waals surface area contributed by atoms with E-state index in [-0.39, 0.29) is 6.61 Å². The van der Waals surface area contributed by atoms with Crippen molar-refractivity contribution >= 4 is 5.82 Å². The fourth-order valence-corrected chi connectivity index (χ4v) is 1.64. The number of aromatic nitrogens is 1. The van der Waals surface area contributed by atoms with Crippen molar-refractivity contribution < 1.29 is 5.11 Å². The number of benzene rings is 1. The molecule has 0 spiro atoms. The summed E-state index contributed by atoms with van der Waals surface area (Å²) in [4.78, 5) is 4.05. The van der Waals surface area contributed by atoms with Gasteiger partial charge in [-0.25, -0.2) is 4.98 Å². The van der Waals surface area contributed by atoms with Gasteiger partial charge in [-0.2, -0.15) is 0 Å². The summed E-state index contributed by atoms with van der Waals surface area (Å²) in [6, 6.07) is 11.6. The van der Waals surface area contributed by atoms with E-state index in [1.807, 2.05) is 30.3 Å². The van der Waals surface area contributed by atoms with Gasteiger partial charge in [0.1, 0.15) is 5.82 Å². The Balaban J connectivity index is 2.23. The first-order valence-electron chi connectivity index (χ1n) is 5.17. The maximum atomic E-state index is 9.20. The molecule has 0 atom stereocenters. The molecule has 0 fully saturated rings. The van der Waals surface area contributed by atoms with Crippen LogP contribution in [0.3, 0.4) is 0 Å². The number of nitrogen functional groups attached to an aromatic ring is 1. The zero-order chi connectivity index (χ0) is 11.4. The largest absolute Gasteiger partial charge is 0.392 e. The summed E-state index contributed by atoms with van der Waals surface area (Å²) in [5.74, 6) is 0.527. The summed E-state index contributed by atoms with van der Waals surface area (Å²) >= 11 is 0. The van der Waals surface area contributed by atoms with Gasteiger partial charge in [0.05, 0.1) is 6.61 Å². The van der Waals surface area contributed by atoms with Crippen LogP contribution in [-0.4, -0.2) is 10.1 Å². The number of aliphatic hydroxyl groups excluding tert-OH is 1. The molecule has 1 heterocycles. The normalized spacial score (nSPS) is 10.3. The van der Waals surface area contributed by atoms with Crippen LogP contribution in [0, 0.1) is 0 Å². The molecule has 1 aromatic heterocycles. The highest BCUT2D eigenvalue weighted by atomic mass is 16.3. The third kappa shape index (κ3) is 2.38. The topological polar surface area (TPSA) is 59.1 Å². The lowest BCUT2D eigenvalue weighted by atomic mass is 10.0. The highest BCUT2D eigenvalue weighted by molar-refractivity contribution is 5.35. The first kappa shape index (κ1) is 10.6. The molecule has 3 nitrogen and oxygen atoms in total. The van der Waals surface area contributed by atoms with Gasteiger partial charge >= 0.3 is 0 Å². The van der Waals surface area contributed by atoms with Crippen LogP contribution in [0.4, 0.5) is 5.82 Å². The van der Waals surface area contributed by atoms with Crippen LogP contribution in [0.2, 0.25) is 0 Å². The molecule has 3 heteroatoms. The van der Waals surface area contributed by atoms with Crippen molar-refractivity contribution in [3.05, 3.63) is 59.3 Å². The SMILES string of the molecule is Nc1ccc(Cc2ccccc2CO)cn1. The monoisotopic (exact) mass is 214 g/mol. The van der Waals surface area contributed by atoms with Crippen LogP contribution in [0.5, 0.6) is 0 Å². The zero-order valence-corrected chi connectivity index (χ0v) is 8.93. The molecule has 3 N–H and O–H groups in total. The highest BCUT2D eigenvalue weighted by Gasteiger charge is 2.02. The van der Waals surface area contributed by atoms with Crippen molar-refractivity contribution in [3.63, 3.8) is 0 Å². The molecule has 0 aliphatic rings. The average Bonchev–Trinajstić information content (AvgIpc) is 2.33. The second-order valence-corrected chi connectivity index (χ2v) is 3.69. The van der Waals surface area contributed by atoms with Crippen LogP contribution < -0.4 is 5.73 Å². The number of aliphatic hydroxyl groups is 1. The van der Waals surface area contributed by atoms with E-state index >= 15 is 0 Å². The zero-order valence-electron chi connectivity index (χ0n) is 8.93. The molecule has 0 unspecified atom stereocenters. The maximum absolute atomic E-state index is 9.20. The van der Waals surface area contributed by atoms with Crippen molar-refractivity contribution in [3.8, 4) is 0 Å². The lowest BCUT2D eigenvalue weighted by molar-refractivity contribution is 0.281. The van der Waals surface area contributed by atoms with E-state index in [1.165, 1.54) is 0 Å². The van der Waals surface area contributed by atoms with Gasteiger partial charge in [0, 0.05) is 6.20 Å². The minimum Gasteiger partial charge on any atom is -0.392 e. The van der Waals surface area contributed by atoms with E-state index in [9.17, 15) is 5.11 Å². The van der Waals surface area contributed by atoms with Crippen LogP contribution in [0.1, 0.15) is 16.7 Å². The van der Waals surface area contributed by atoms with E-state index < -0.39 is 0 Å². The van der Waals surface area contributed by atoms with E-state index in [1.54, 1.807) is 12.3 Å². The summed E-state index contributed by atoms with van der Waals surface area (Å²) < 4.78 is 0. The molecule has 0 aliphatic heterocycles. The van der Waals surface area contributed by atoms with Crippen molar-refractivity contribution in [1.29, 1.82) is 0 Å². The molecule has 2 rings (SSSR count). The lowest BCUT2D eigenvalue weighted by Crippen LogP contribution is -1.97. The number of hydrogen-bond acceptors (Lipinski definition) is 3. The van der Waals surface area contributed by atoms with E-state index in [0.717, 1.165) is 23.1 Å². The van der Waals surface area contributed by atoms with Crippen molar-refractivity contribution in [2.45, 2.75) is 13.0 Å². The molecule has 0 radical (unpaired) electrons. The average molecular weight is 214 g/mol. The van der Waals surface area contributed by atoms with Crippen LogP contribution in [0.15, 0.2) is 42.6 Å². The van der Waals surface area contributed by atoms with E-state index in [0.29, 0.717) is 5.82 Å². The molecular weight excluding hydrogens is 200 g/mol. The summed E-state index contributed by atoms with van der Waals surface area (Å²) in [5, 5.41) is 9.20. The van der Waals surface area contributed by atoms with Gasteiger partial charge in [0.25, 0.3) is 0 Å². The van der Waals surface area contributed by atoms with Gasteiger partial charge in [-0.05, 0) is 29.2 Å². The number of anilines is 1. The van der Waals surface area contributed by atoms with Crippen LogP contribution >= 0.6 is 0 Å². The van der Waals surface area contributed by atoms with Crippen LogP contribution in [0.25, 0.3) is 0 Å². The molecule has 0 bridgehead atoms. The Morgan fingerprint density at radius 3 is 2.44 bits per heavy atom. The van der Waals surface area contributed by atoms with Crippen molar-refractivity contribution in [2.24, 2.45) is 0 Å². The Hall–Kier alpha value is -1.87. The third-order valence-electron chi connectivity index (χ3n) is 2.53.